The van der Waals surface area contributed by atoms with Crippen molar-refractivity contribution >= 4 is 5.78 Å². The minimum atomic E-state index is -1.59. The van der Waals surface area contributed by atoms with Gasteiger partial charge in [-0.1, -0.05) is 13.3 Å². The Morgan fingerprint density at radius 3 is 2.33 bits per heavy atom. The van der Waals surface area contributed by atoms with Gasteiger partial charge >= 0.3 is 0 Å². The Hall–Kier alpha value is -0.410. The normalized spacial score (nSPS) is 16.9. The molecular weight excluding hydrogens is 118 g/mol. The van der Waals surface area contributed by atoms with E-state index in [4.69, 9.17) is 10.8 Å². The summed E-state index contributed by atoms with van der Waals surface area (Å²) in [6, 6.07) is 0. The van der Waals surface area contributed by atoms with Crippen molar-refractivity contribution in [3.05, 3.63) is 0 Å². The fourth-order valence-corrected chi connectivity index (χ4v) is 0.557. The SMILES string of the molecule is CCCC(N)(O)C(C)=O. The molecule has 1 atom stereocenters. The number of rotatable bonds is 3. The topological polar surface area (TPSA) is 63.3 Å². The van der Waals surface area contributed by atoms with Crippen molar-refractivity contribution in [3.8, 4) is 0 Å². The highest BCUT2D eigenvalue weighted by Crippen LogP contribution is 2.05. The molecule has 0 heterocycles. The number of hydrogen-bond acceptors (Lipinski definition) is 3. The van der Waals surface area contributed by atoms with Crippen molar-refractivity contribution in [3.63, 3.8) is 0 Å². The smallest absolute Gasteiger partial charge is 0.176 e. The lowest BCUT2D eigenvalue weighted by Gasteiger charge is -2.17. The predicted molar refractivity (Wildman–Crippen MR) is 34.7 cm³/mol. The van der Waals surface area contributed by atoms with Crippen LogP contribution in [-0.2, 0) is 4.79 Å². The first-order valence-corrected chi connectivity index (χ1v) is 3.03. The third kappa shape index (κ3) is 2.58. The van der Waals surface area contributed by atoms with Crippen LogP contribution in [0.4, 0.5) is 0 Å². The van der Waals surface area contributed by atoms with Crippen LogP contribution in [0, 0.1) is 0 Å². The van der Waals surface area contributed by atoms with Gasteiger partial charge in [0, 0.05) is 0 Å². The van der Waals surface area contributed by atoms with Gasteiger partial charge in [0.2, 0.25) is 0 Å². The third-order valence-electron chi connectivity index (χ3n) is 1.24. The highest BCUT2D eigenvalue weighted by Gasteiger charge is 2.24. The van der Waals surface area contributed by atoms with Crippen LogP contribution in [0.5, 0.6) is 0 Å². The maximum absolute atomic E-state index is 10.5. The molecule has 3 heteroatoms. The molecule has 0 rings (SSSR count). The van der Waals surface area contributed by atoms with Crippen molar-refractivity contribution in [2.45, 2.75) is 32.4 Å². The molecule has 9 heavy (non-hydrogen) atoms. The molecule has 0 aromatic heterocycles. The third-order valence-corrected chi connectivity index (χ3v) is 1.24. The van der Waals surface area contributed by atoms with Crippen LogP contribution >= 0.6 is 0 Å². The van der Waals surface area contributed by atoms with Gasteiger partial charge in [-0.15, -0.1) is 0 Å². The highest BCUT2D eigenvalue weighted by atomic mass is 16.3. The molecule has 0 aromatic rings. The Labute approximate surface area is 54.9 Å². The molecule has 0 fully saturated rings. The summed E-state index contributed by atoms with van der Waals surface area (Å²) in [7, 11) is 0. The van der Waals surface area contributed by atoms with Crippen molar-refractivity contribution in [2.24, 2.45) is 5.73 Å². The first-order valence-electron chi connectivity index (χ1n) is 3.03. The van der Waals surface area contributed by atoms with Crippen LogP contribution in [0.1, 0.15) is 26.7 Å². The van der Waals surface area contributed by atoms with Gasteiger partial charge in [0.05, 0.1) is 0 Å². The van der Waals surface area contributed by atoms with E-state index in [0.29, 0.717) is 12.8 Å². The van der Waals surface area contributed by atoms with Crippen LogP contribution in [0.15, 0.2) is 0 Å². The Kier molecular flexibility index (Phi) is 2.81. The van der Waals surface area contributed by atoms with E-state index in [2.05, 4.69) is 0 Å². The van der Waals surface area contributed by atoms with E-state index in [-0.39, 0.29) is 5.78 Å². The zero-order valence-corrected chi connectivity index (χ0v) is 5.85. The molecule has 1 unspecified atom stereocenters. The molecule has 0 saturated carbocycles. The molecule has 0 aromatic carbocycles. The van der Waals surface area contributed by atoms with Crippen molar-refractivity contribution < 1.29 is 9.90 Å². The number of Topliss-reactive ketones (excluding diaryl/α,β-unsaturated/α-hetero) is 1. The lowest BCUT2D eigenvalue weighted by atomic mass is 10.1. The quantitative estimate of drug-likeness (QED) is 0.531. The van der Waals surface area contributed by atoms with Crippen molar-refractivity contribution in [1.82, 2.24) is 0 Å². The van der Waals surface area contributed by atoms with E-state index < -0.39 is 5.72 Å². The molecule has 0 saturated heterocycles. The largest absolute Gasteiger partial charge is 0.369 e. The van der Waals surface area contributed by atoms with E-state index >= 15 is 0 Å². The summed E-state index contributed by atoms with van der Waals surface area (Å²) in [5.74, 6) is -0.371. The summed E-state index contributed by atoms with van der Waals surface area (Å²) >= 11 is 0. The van der Waals surface area contributed by atoms with Crippen LogP contribution < -0.4 is 5.73 Å². The van der Waals surface area contributed by atoms with Gasteiger partial charge in [-0.05, 0) is 13.3 Å². The van der Waals surface area contributed by atoms with Crippen molar-refractivity contribution in [2.75, 3.05) is 0 Å². The Morgan fingerprint density at radius 2 is 2.22 bits per heavy atom. The summed E-state index contributed by atoms with van der Waals surface area (Å²) < 4.78 is 0. The van der Waals surface area contributed by atoms with Crippen LogP contribution in [0.3, 0.4) is 0 Å². The maximum Gasteiger partial charge on any atom is 0.176 e. The molecule has 0 aliphatic heterocycles. The number of carbonyl (C=O) groups excluding carboxylic acids is 1. The van der Waals surface area contributed by atoms with Gasteiger partial charge in [-0.25, -0.2) is 0 Å². The Bertz CT molecular complexity index is 110. The number of nitrogens with two attached hydrogens (primary N) is 1. The molecule has 0 amide bonds. The standard InChI is InChI=1S/C6H13NO2/c1-3-4-6(7,9)5(2)8/h9H,3-4,7H2,1-2H3. The van der Waals surface area contributed by atoms with Gasteiger partial charge < -0.3 is 5.11 Å². The highest BCUT2D eigenvalue weighted by molar-refractivity contribution is 5.83. The zero-order chi connectivity index (χ0) is 7.49. The summed E-state index contributed by atoms with van der Waals surface area (Å²) in [5, 5.41) is 9.02. The number of hydrogen-bond donors (Lipinski definition) is 2. The summed E-state index contributed by atoms with van der Waals surface area (Å²) in [6.45, 7) is 3.15. The average molecular weight is 131 g/mol. The lowest BCUT2D eigenvalue weighted by molar-refractivity contribution is -0.135. The van der Waals surface area contributed by atoms with Gasteiger partial charge in [0.15, 0.2) is 11.5 Å². The van der Waals surface area contributed by atoms with E-state index in [0.717, 1.165) is 0 Å². The lowest BCUT2D eigenvalue weighted by Crippen LogP contribution is -2.46. The first kappa shape index (κ1) is 8.59. The predicted octanol–water partition coefficient (Wildman–Crippen LogP) is 0.0228. The Balaban J connectivity index is 3.85. The fourth-order valence-electron chi connectivity index (χ4n) is 0.557. The molecular formula is C6H13NO2. The average Bonchev–Trinajstić information content (AvgIpc) is 1.65. The molecule has 0 radical (unpaired) electrons. The zero-order valence-electron chi connectivity index (χ0n) is 5.85. The number of carbonyl (C=O) groups is 1. The van der Waals surface area contributed by atoms with Crippen LogP contribution in [-0.4, -0.2) is 16.6 Å². The van der Waals surface area contributed by atoms with Crippen LogP contribution in [0.2, 0.25) is 0 Å². The van der Waals surface area contributed by atoms with E-state index in [1.807, 2.05) is 6.92 Å². The second-order valence-corrected chi connectivity index (χ2v) is 2.23. The number of aliphatic hydroxyl groups is 1. The first-order chi connectivity index (χ1) is 4.00. The summed E-state index contributed by atoms with van der Waals surface area (Å²) in [6.07, 6.45) is 1.05. The molecule has 0 bridgehead atoms. The van der Waals surface area contributed by atoms with Gasteiger partial charge in [-0.3, -0.25) is 10.5 Å². The van der Waals surface area contributed by atoms with E-state index in [1.165, 1.54) is 6.92 Å². The monoisotopic (exact) mass is 131 g/mol. The second-order valence-electron chi connectivity index (χ2n) is 2.23. The summed E-state index contributed by atoms with van der Waals surface area (Å²) in [5.41, 5.74) is 3.59. The maximum atomic E-state index is 10.5. The summed E-state index contributed by atoms with van der Waals surface area (Å²) in [4.78, 5) is 10.5. The molecule has 3 N–H and O–H groups in total. The van der Waals surface area contributed by atoms with E-state index in [1.54, 1.807) is 0 Å². The Morgan fingerprint density at radius 1 is 1.78 bits per heavy atom. The van der Waals surface area contributed by atoms with Gasteiger partial charge in [0.25, 0.3) is 0 Å². The minimum absolute atomic E-state index is 0.336. The molecule has 0 aliphatic rings. The molecule has 0 spiro atoms. The fraction of sp³-hybridized carbons (Fsp3) is 0.833. The van der Waals surface area contributed by atoms with Gasteiger partial charge in [0.1, 0.15) is 0 Å². The second kappa shape index (κ2) is 2.94. The van der Waals surface area contributed by atoms with Crippen LogP contribution in [0.25, 0.3) is 0 Å². The van der Waals surface area contributed by atoms with Gasteiger partial charge in [-0.2, -0.15) is 0 Å². The molecule has 54 valence electrons. The molecule has 3 nitrogen and oxygen atoms in total. The minimum Gasteiger partial charge on any atom is -0.369 e. The molecule has 0 aliphatic carbocycles. The van der Waals surface area contributed by atoms with E-state index in [9.17, 15) is 4.79 Å². The van der Waals surface area contributed by atoms with Crippen molar-refractivity contribution in [1.29, 1.82) is 0 Å². The number of ketones is 1.